The van der Waals surface area contributed by atoms with Crippen molar-refractivity contribution in [3.8, 4) is 28.4 Å². The first-order valence-corrected chi connectivity index (χ1v) is 13.1. The lowest BCUT2D eigenvalue weighted by Crippen LogP contribution is -2.42. The van der Waals surface area contributed by atoms with Crippen molar-refractivity contribution in [3.63, 3.8) is 0 Å². The Labute approximate surface area is 243 Å². The fourth-order valence-corrected chi connectivity index (χ4v) is 4.29. The number of nitrogens with one attached hydrogen (secondary N) is 1. The molecular formula is C30H26F2N6O5. The fourth-order valence-electron chi connectivity index (χ4n) is 4.29. The molecule has 0 aliphatic heterocycles. The third kappa shape index (κ3) is 6.57. The Kier molecular flexibility index (Phi) is 8.53. The minimum absolute atomic E-state index is 0.0468. The molecule has 43 heavy (non-hydrogen) atoms. The zero-order valence-electron chi connectivity index (χ0n) is 23.2. The molecule has 5 rings (SSSR count). The van der Waals surface area contributed by atoms with Gasteiger partial charge >= 0.3 is 5.69 Å². The number of nitrogens with zero attached hydrogens (tertiary/aromatic N) is 5. The Morgan fingerprint density at radius 2 is 1.81 bits per heavy atom. The van der Waals surface area contributed by atoms with Crippen molar-refractivity contribution in [2.24, 2.45) is 7.05 Å². The van der Waals surface area contributed by atoms with E-state index in [2.05, 4.69) is 15.4 Å². The first-order valence-electron chi connectivity index (χ1n) is 13.1. The third-order valence-electron chi connectivity index (χ3n) is 6.38. The number of aromatic nitrogens is 5. The molecule has 11 nitrogen and oxygen atoms in total. The number of anilines is 1. The number of methoxy groups -OCH3 is 1. The smallest absolute Gasteiger partial charge is 0.335 e. The molecule has 0 saturated heterocycles. The van der Waals surface area contributed by atoms with Crippen LogP contribution in [0.25, 0.3) is 16.9 Å². The van der Waals surface area contributed by atoms with Crippen molar-refractivity contribution >= 4 is 11.6 Å². The van der Waals surface area contributed by atoms with Crippen LogP contribution in [-0.2, 0) is 18.3 Å². The molecule has 0 radical (unpaired) electrons. The highest BCUT2D eigenvalue weighted by Crippen LogP contribution is 2.29. The summed E-state index contributed by atoms with van der Waals surface area (Å²) in [5, 5.41) is 6.61. The van der Waals surface area contributed by atoms with Crippen molar-refractivity contribution in [3.05, 3.63) is 117 Å². The van der Waals surface area contributed by atoms with Crippen LogP contribution < -0.4 is 21.3 Å². The predicted octanol–water partition coefficient (Wildman–Crippen LogP) is 4.15. The lowest BCUT2D eigenvalue weighted by atomic mass is 10.2. The van der Waals surface area contributed by atoms with Crippen molar-refractivity contribution in [1.82, 2.24) is 23.9 Å². The summed E-state index contributed by atoms with van der Waals surface area (Å²) in [5.41, 5.74) is -0.520. The highest BCUT2D eigenvalue weighted by Gasteiger charge is 2.20. The van der Waals surface area contributed by atoms with Crippen LogP contribution in [0.4, 0.5) is 14.5 Å². The minimum Gasteiger partial charge on any atom is -0.454 e. The van der Waals surface area contributed by atoms with E-state index in [1.807, 2.05) is 0 Å². The van der Waals surface area contributed by atoms with Gasteiger partial charge < -0.3 is 14.8 Å². The normalized spacial score (nSPS) is 11.0. The van der Waals surface area contributed by atoms with Crippen LogP contribution in [0.15, 0.2) is 89.0 Å². The van der Waals surface area contributed by atoms with Crippen LogP contribution >= 0.6 is 0 Å². The zero-order chi connectivity index (χ0) is 30.5. The van der Waals surface area contributed by atoms with Gasteiger partial charge in [-0.3, -0.25) is 23.8 Å². The van der Waals surface area contributed by atoms with Gasteiger partial charge in [0.25, 0.3) is 11.5 Å². The summed E-state index contributed by atoms with van der Waals surface area (Å²) in [6, 6.07) is 11.7. The lowest BCUT2D eigenvalue weighted by Gasteiger charge is -2.14. The Morgan fingerprint density at radius 1 is 1.02 bits per heavy atom. The summed E-state index contributed by atoms with van der Waals surface area (Å²) in [6.45, 7) is 0.480. The average Bonchev–Trinajstić information content (AvgIpc) is 3.43. The van der Waals surface area contributed by atoms with E-state index in [1.54, 1.807) is 36.3 Å². The maximum Gasteiger partial charge on any atom is 0.335 e. The molecule has 13 heteroatoms. The lowest BCUT2D eigenvalue weighted by molar-refractivity contribution is 0.102. The SMILES string of the molecule is COCCCn1cc(C(=O)Nc2ccc(Oc3ccnc(-c4cnn(C)c4)c3)c(F)c2)c(=O)n(-c2ccc(F)cc2)c1=O. The Bertz CT molecular complexity index is 1900. The highest BCUT2D eigenvalue weighted by atomic mass is 19.1. The van der Waals surface area contributed by atoms with Gasteiger partial charge in [0.1, 0.15) is 17.1 Å². The van der Waals surface area contributed by atoms with Crippen LogP contribution in [0.5, 0.6) is 11.5 Å². The Morgan fingerprint density at radius 3 is 2.51 bits per heavy atom. The van der Waals surface area contributed by atoms with Crippen molar-refractivity contribution in [2.45, 2.75) is 13.0 Å². The molecule has 220 valence electrons. The number of carbonyl (C=O) groups excluding carboxylic acids is 1. The molecule has 3 heterocycles. The van der Waals surface area contributed by atoms with Gasteiger partial charge in [0.15, 0.2) is 11.6 Å². The van der Waals surface area contributed by atoms with Gasteiger partial charge in [-0.15, -0.1) is 0 Å². The van der Waals surface area contributed by atoms with Crippen LogP contribution in [0, 0.1) is 11.6 Å². The van der Waals surface area contributed by atoms with Crippen LogP contribution in [0.3, 0.4) is 0 Å². The molecule has 1 amide bonds. The van der Waals surface area contributed by atoms with Gasteiger partial charge in [-0.25, -0.2) is 18.1 Å². The summed E-state index contributed by atoms with van der Waals surface area (Å²) in [4.78, 5) is 44.0. The third-order valence-corrected chi connectivity index (χ3v) is 6.38. The monoisotopic (exact) mass is 588 g/mol. The first kappa shape index (κ1) is 29.1. The summed E-state index contributed by atoms with van der Waals surface area (Å²) < 4.78 is 42.9. The first-order chi connectivity index (χ1) is 20.7. The number of rotatable bonds is 10. The van der Waals surface area contributed by atoms with Gasteiger partial charge in [0.2, 0.25) is 0 Å². The van der Waals surface area contributed by atoms with E-state index in [0.717, 1.165) is 34.5 Å². The van der Waals surface area contributed by atoms with Crippen LogP contribution in [0.1, 0.15) is 16.8 Å². The fraction of sp³-hybridized carbons (Fsp3) is 0.167. The number of hydrogen-bond acceptors (Lipinski definition) is 7. The van der Waals surface area contributed by atoms with E-state index in [9.17, 15) is 18.8 Å². The molecule has 0 saturated carbocycles. The molecule has 0 aliphatic rings. The molecule has 3 aromatic heterocycles. The quantitative estimate of drug-likeness (QED) is 0.243. The number of ether oxygens (including phenoxy) is 2. The number of carbonyl (C=O) groups is 1. The summed E-state index contributed by atoms with van der Waals surface area (Å²) in [5.74, 6) is -1.97. The zero-order valence-corrected chi connectivity index (χ0v) is 23.2. The van der Waals surface area contributed by atoms with E-state index in [1.165, 1.54) is 42.1 Å². The summed E-state index contributed by atoms with van der Waals surface area (Å²) in [6.07, 6.45) is 6.52. The standard InChI is InChI=1S/C30H26F2N6O5/c1-36-17-19(16-34-36)26-15-23(10-11-33-26)43-27-9-6-21(14-25(27)32)35-28(39)24-18-37(12-3-13-42-2)30(41)38(29(24)40)22-7-4-20(31)5-8-22/h4-11,14-18H,3,12-13H2,1-2H3,(H,35,39). The second kappa shape index (κ2) is 12.6. The highest BCUT2D eigenvalue weighted by molar-refractivity contribution is 6.03. The van der Waals surface area contributed by atoms with E-state index in [0.29, 0.717) is 24.5 Å². The van der Waals surface area contributed by atoms with Crippen LogP contribution in [0.2, 0.25) is 0 Å². The minimum atomic E-state index is -0.917. The molecule has 5 aromatic rings. The van der Waals surface area contributed by atoms with Crippen LogP contribution in [-0.4, -0.2) is 43.5 Å². The van der Waals surface area contributed by atoms with Gasteiger partial charge in [0.05, 0.1) is 17.6 Å². The van der Waals surface area contributed by atoms with Crippen molar-refractivity contribution in [1.29, 1.82) is 0 Å². The molecular weight excluding hydrogens is 562 g/mol. The predicted molar refractivity (Wildman–Crippen MR) is 154 cm³/mol. The molecule has 2 aromatic carbocycles. The van der Waals surface area contributed by atoms with Gasteiger partial charge in [-0.1, -0.05) is 0 Å². The second-order valence-electron chi connectivity index (χ2n) is 9.46. The summed E-state index contributed by atoms with van der Waals surface area (Å²) >= 11 is 0. The van der Waals surface area contributed by atoms with Crippen molar-refractivity contribution in [2.75, 3.05) is 19.0 Å². The van der Waals surface area contributed by atoms with Gasteiger partial charge in [-0.05, 0) is 48.9 Å². The Balaban J connectivity index is 1.40. The largest absolute Gasteiger partial charge is 0.454 e. The average molecular weight is 589 g/mol. The number of benzene rings is 2. The van der Waals surface area contributed by atoms with E-state index < -0.39 is 28.8 Å². The topological polar surface area (TPSA) is 122 Å². The number of aryl methyl sites for hydroxylation is 2. The van der Waals surface area contributed by atoms with Gasteiger partial charge in [-0.2, -0.15) is 5.10 Å². The van der Waals surface area contributed by atoms with E-state index in [-0.39, 0.29) is 29.2 Å². The Hall–Kier alpha value is -5.43. The van der Waals surface area contributed by atoms with E-state index >= 15 is 4.39 Å². The number of amides is 1. The molecule has 0 atom stereocenters. The maximum atomic E-state index is 15.0. The number of hydrogen-bond donors (Lipinski definition) is 1. The molecule has 0 spiro atoms. The van der Waals surface area contributed by atoms with Crippen molar-refractivity contribution < 1.29 is 23.0 Å². The molecule has 1 N–H and O–H groups in total. The number of halogens is 2. The van der Waals surface area contributed by atoms with E-state index in [4.69, 9.17) is 9.47 Å². The second-order valence-corrected chi connectivity index (χ2v) is 9.46. The maximum absolute atomic E-state index is 15.0. The molecule has 0 unspecified atom stereocenters. The summed E-state index contributed by atoms with van der Waals surface area (Å²) in [7, 11) is 3.29. The molecule has 0 bridgehead atoms. The molecule has 0 aliphatic carbocycles. The van der Waals surface area contributed by atoms with Gasteiger partial charge in [0, 0.05) is 69.3 Å². The molecule has 0 fully saturated rings. The number of pyridine rings is 1.